The maximum Gasteiger partial charge on any atom is 0.262 e. The topological polar surface area (TPSA) is 88.1 Å². The Morgan fingerprint density at radius 1 is 1.09 bits per heavy atom. The maximum absolute atomic E-state index is 12.7. The summed E-state index contributed by atoms with van der Waals surface area (Å²) >= 11 is 0. The van der Waals surface area contributed by atoms with Crippen LogP contribution in [-0.2, 0) is 27.2 Å². The zero-order valence-corrected chi connectivity index (χ0v) is 20.2. The third-order valence-electron chi connectivity index (χ3n) is 5.96. The van der Waals surface area contributed by atoms with Gasteiger partial charge in [-0.25, -0.2) is 0 Å². The number of rotatable bonds is 13. The largest absolute Gasteiger partial charge is 0.506 e. The Balaban J connectivity index is 1.36. The molecule has 0 atom stereocenters. The van der Waals surface area contributed by atoms with Gasteiger partial charge in [0.15, 0.2) is 12.4 Å². The number of aromatic hydroxyl groups is 1. The molecule has 0 fully saturated rings. The highest BCUT2D eigenvalue weighted by molar-refractivity contribution is 5.97. The Morgan fingerprint density at radius 3 is 2.65 bits per heavy atom. The molecule has 1 heterocycles. The van der Waals surface area contributed by atoms with Gasteiger partial charge in [0, 0.05) is 12.6 Å². The van der Waals surface area contributed by atoms with Crippen LogP contribution in [-0.4, -0.2) is 54.2 Å². The number of hydrogen-bond acceptors (Lipinski definition) is 5. The summed E-state index contributed by atoms with van der Waals surface area (Å²) in [4.78, 5) is 26.2. The number of anilines is 1. The number of phenols is 1. The molecular weight excluding hydrogens is 432 g/mol. The lowest BCUT2D eigenvalue weighted by Gasteiger charge is -2.27. The van der Waals surface area contributed by atoms with Gasteiger partial charge in [0.2, 0.25) is 5.91 Å². The Labute approximate surface area is 202 Å². The summed E-state index contributed by atoms with van der Waals surface area (Å²) in [7, 11) is 0. The van der Waals surface area contributed by atoms with Crippen molar-refractivity contribution in [3.05, 3.63) is 53.6 Å². The Morgan fingerprint density at radius 2 is 1.88 bits per heavy atom. The molecule has 7 heteroatoms. The normalized spacial score (nSPS) is 12.7. The van der Waals surface area contributed by atoms with E-state index in [1.54, 1.807) is 6.07 Å². The van der Waals surface area contributed by atoms with E-state index in [0.29, 0.717) is 31.1 Å². The fraction of sp³-hybridized carbons (Fsp3) is 0.481. The van der Waals surface area contributed by atoms with Gasteiger partial charge in [-0.15, -0.1) is 0 Å². The molecular formula is C27H36N2O5. The molecule has 1 aliphatic rings. The third kappa shape index (κ3) is 7.48. The molecule has 184 valence electrons. The molecule has 7 nitrogen and oxygen atoms in total. The first kappa shape index (κ1) is 25.6. The Hall–Kier alpha value is -3.06. The van der Waals surface area contributed by atoms with Crippen molar-refractivity contribution in [2.24, 2.45) is 0 Å². The van der Waals surface area contributed by atoms with E-state index in [0.717, 1.165) is 44.2 Å². The first-order chi connectivity index (χ1) is 16.5. The molecule has 2 aromatic rings. The van der Waals surface area contributed by atoms with Crippen molar-refractivity contribution in [2.75, 3.05) is 31.7 Å². The highest BCUT2D eigenvalue weighted by atomic mass is 16.5. The van der Waals surface area contributed by atoms with E-state index >= 15 is 0 Å². The molecule has 0 spiro atoms. The zero-order chi connectivity index (χ0) is 24.3. The van der Waals surface area contributed by atoms with Gasteiger partial charge in [0.25, 0.3) is 5.91 Å². The molecule has 34 heavy (non-hydrogen) atoms. The second-order valence-corrected chi connectivity index (χ2v) is 8.87. The Bertz CT molecular complexity index is 946. The monoisotopic (exact) mass is 468 g/mol. The number of nitrogens with one attached hydrogen (secondary N) is 1. The van der Waals surface area contributed by atoms with E-state index in [2.05, 4.69) is 17.4 Å². The number of nitrogens with zero attached hydrogens (tertiary/aromatic N) is 1. The van der Waals surface area contributed by atoms with Crippen molar-refractivity contribution in [3.8, 4) is 11.5 Å². The van der Waals surface area contributed by atoms with E-state index in [-0.39, 0.29) is 30.2 Å². The van der Waals surface area contributed by atoms with Crippen LogP contribution < -0.4 is 10.1 Å². The summed E-state index contributed by atoms with van der Waals surface area (Å²) in [6.07, 6.45) is 4.84. The predicted molar refractivity (Wildman–Crippen MR) is 132 cm³/mol. The molecule has 0 saturated heterocycles. The van der Waals surface area contributed by atoms with Crippen LogP contribution in [0.2, 0.25) is 0 Å². The first-order valence-corrected chi connectivity index (χ1v) is 12.1. The lowest BCUT2D eigenvalue weighted by Crippen LogP contribution is -2.38. The number of carbonyl (C=O) groups is 2. The lowest BCUT2D eigenvalue weighted by atomic mass is 10.0. The molecule has 1 aliphatic heterocycles. The van der Waals surface area contributed by atoms with Crippen LogP contribution in [0, 0.1) is 0 Å². The average molecular weight is 469 g/mol. The fourth-order valence-corrected chi connectivity index (χ4v) is 4.10. The van der Waals surface area contributed by atoms with Crippen molar-refractivity contribution >= 4 is 17.5 Å². The number of ether oxygens (including phenoxy) is 2. The van der Waals surface area contributed by atoms with Gasteiger partial charge in [0.1, 0.15) is 11.4 Å². The number of hydrogen-bond donors (Lipinski definition) is 2. The van der Waals surface area contributed by atoms with Crippen LogP contribution in [0.25, 0.3) is 0 Å². The Kier molecular flexibility index (Phi) is 9.76. The van der Waals surface area contributed by atoms with Crippen LogP contribution in [0.4, 0.5) is 5.69 Å². The smallest absolute Gasteiger partial charge is 0.262 e. The van der Waals surface area contributed by atoms with Crippen molar-refractivity contribution in [1.82, 2.24) is 4.90 Å². The maximum atomic E-state index is 12.7. The molecule has 2 aromatic carbocycles. The van der Waals surface area contributed by atoms with Crippen LogP contribution in [0.3, 0.4) is 0 Å². The number of carbonyl (C=O) groups excluding carboxylic acids is 2. The number of amides is 2. The minimum Gasteiger partial charge on any atom is -0.506 e. The van der Waals surface area contributed by atoms with Gasteiger partial charge in [-0.3, -0.25) is 9.59 Å². The number of aryl methyl sites for hydroxylation is 1. The minimum absolute atomic E-state index is 0.0157. The molecule has 0 saturated carbocycles. The summed E-state index contributed by atoms with van der Waals surface area (Å²) in [5.74, 6) is 0.444. The summed E-state index contributed by atoms with van der Waals surface area (Å²) in [6, 6.07) is 13.8. The zero-order valence-electron chi connectivity index (χ0n) is 20.2. The van der Waals surface area contributed by atoms with Crippen LogP contribution >= 0.6 is 0 Å². The molecule has 0 bridgehead atoms. The van der Waals surface area contributed by atoms with E-state index in [1.807, 2.05) is 43.0 Å². The van der Waals surface area contributed by atoms with E-state index in [1.165, 1.54) is 5.56 Å². The number of benzene rings is 2. The first-order valence-electron chi connectivity index (χ1n) is 12.1. The van der Waals surface area contributed by atoms with Crippen LogP contribution in [0.5, 0.6) is 11.5 Å². The molecule has 2 N–H and O–H groups in total. The van der Waals surface area contributed by atoms with Gasteiger partial charge >= 0.3 is 0 Å². The van der Waals surface area contributed by atoms with E-state index < -0.39 is 0 Å². The standard InChI is InChI=1S/C27H36N2O5/c1-20(2)29(25(32)15-18-33-17-14-21-9-5-3-6-10-21)16-8-4-7-11-22-12-13-23(30)26-27(22)34-19-24(31)28-26/h3,5-6,9-10,12-13,20,30H,4,7-8,11,14-19H2,1-2H3,(H,28,31). The molecule has 0 aliphatic carbocycles. The number of fused-ring (bicyclic) bond motifs is 1. The second-order valence-electron chi connectivity index (χ2n) is 8.87. The third-order valence-corrected chi connectivity index (χ3v) is 5.96. The predicted octanol–water partition coefficient (Wildman–Crippen LogP) is 4.32. The number of phenolic OH excluding ortho intramolecular Hbond substituents is 1. The summed E-state index contributed by atoms with van der Waals surface area (Å²) in [6.45, 7) is 5.83. The van der Waals surface area contributed by atoms with Crippen molar-refractivity contribution < 1.29 is 24.2 Å². The average Bonchev–Trinajstić information content (AvgIpc) is 2.83. The summed E-state index contributed by atoms with van der Waals surface area (Å²) < 4.78 is 11.2. The molecule has 0 aromatic heterocycles. The minimum atomic E-state index is -0.264. The highest BCUT2D eigenvalue weighted by Gasteiger charge is 2.22. The highest BCUT2D eigenvalue weighted by Crippen LogP contribution is 2.39. The van der Waals surface area contributed by atoms with Gasteiger partial charge in [-0.05, 0) is 56.7 Å². The molecule has 3 rings (SSSR count). The van der Waals surface area contributed by atoms with E-state index in [4.69, 9.17) is 9.47 Å². The van der Waals surface area contributed by atoms with Crippen molar-refractivity contribution in [3.63, 3.8) is 0 Å². The van der Waals surface area contributed by atoms with Gasteiger partial charge < -0.3 is 24.8 Å². The quantitative estimate of drug-likeness (QED) is 0.338. The lowest BCUT2D eigenvalue weighted by molar-refractivity contribution is -0.134. The SMILES string of the molecule is CC(C)N(CCCCCc1ccc(O)c2c1OCC(=O)N2)C(=O)CCOCCc1ccccc1. The van der Waals surface area contributed by atoms with Gasteiger partial charge in [-0.1, -0.05) is 42.8 Å². The van der Waals surface area contributed by atoms with Gasteiger partial charge in [-0.2, -0.15) is 0 Å². The summed E-state index contributed by atoms with van der Waals surface area (Å²) in [5, 5.41) is 12.7. The van der Waals surface area contributed by atoms with Crippen molar-refractivity contribution in [2.45, 2.75) is 58.4 Å². The van der Waals surface area contributed by atoms with Crippen LogP contribution in [0.15, 0.2) is 42.5 Å². The summed E-state index contributed by atoms with van der Waals surface area (Å²) in [5.41, 5.74) is 2.57. The molecule has 0 unspecified atom stereocenters. The second kappa shape index (κ2) is 13.0. The van der Waals surface area contributed by atoms with E-state index in [9.17, 15) is 14.7 Å². The number of unbranched alkanes of at least 4 members (excludes halogenated alkanes) is 2. The molecule has 2 amide bonds. The molecule has 0 radical (unpaired) electrons. The van der Waals surface area contributed by atoms with Crippen molar-refractivity contribution in [1.29, 1.82) is 0 Å². The fourth-order valence-electron chi connectivity index (χ4n) is 4.10. The van der Waals surface area contributed by atoms with Gasteiger partial charge in [0.05, 0.1) is 19.6 Å². The van der Waals surface area contributed by atoms with Crippen LogP contribution in [0.1, 0.15) is 50.7 Å².